The predicted octanol–water partition coefficient (Wildman–Crippen LogP) is 3.87. The van der Waals surface area contributed by atoms with E-state index in [2.05, 4.69) is 5.32 Å². The molecule has 0 unspecified atom stereocenters. The molecular formula is C21H21ClN2O3. The lowest BCUT2D eigenvalue weighted by molar-refractivity contribution is -0.139. The molecule has 140 valence electrons. The number of halogens is 1. The maximum Gasteiger partial charge on any atom is 0.251 e. The second kappa shape index (κ2) is 8.35. The van der Waals surface area contributed by atoms with E-state index in [9.17, 15) is 14.4 Å². The van der Waals surface area contributed by atoms with Crippen molar-refractivity contribution in [3.63, 3.8) is 0 Å². The molecule has 5 nitrogen and oxygen atoms in total. The summed E-state index contributed by atoms with van der Waals surface area (Å²) >= 11 is 5.92. The minimum Gasteiger partial charge on any atom is -0.345 e. The standard InChI is InChI=1S/C21H21ClN2O3/c1-2-18(15-7-9-17(22)10-8-15)23-21(27)16-5-3-14(4-6-16)13-24-19(25)11-12-20(24)26/h3-10,18H,2,11-13H2,1H3,(H,23,27)/t18-/m0/s1. The Hall–Kier alpha value is -2.66. The van der Waals surface area contributed by atoms with Crippen LogP contribution in [0, 0.1) is 0 Å². The summed E-state index contributed by atoms with van der Waals surface area (Å²) in [6.45, 7) is 2.26. The molecule has 0 bridgehead atoms. The Labute approximate surface area is 163 Å². The fourth-order valence-electron chi connectivity index (χ4n) is 3.10. The van der Waals surface area contributed by atoms with Gasteiger partial charge in [0.1, 0.15) is 0 Å². The number of carbonyl (C=O) groups excluding carboxylic acids is 3. The lowest BCUT2D eigenvalue weighted by Gasteiger charge is -2.18. The van der Waals surface area contributed by atoms with Crippen molar-refractivity contribution >= 4 is 29.3 Å². The zero-order valence-corrected chi connectivity index (χ0v) is 15.8. The lowest BCUT2D eigenvalue weighted by atomic mass is 10.0. The lowest BCUT2D eigenvalue weighted by Crippen LogP contribution is -2.29. The van der Waals surface area contributed by atoms with Crippen LogP contribution in [0.25, 0.3) is 0 Å². The molecule has 1 heterocycles. The van der Waals surface area contributed by atoms with Gasteiger partial charge in [0.05, 0.1) is 12.6 Å². The number of rotatable bonds is 6. The first-order valence-electron chi connectivity index (χ1n) is 8.96. The second-order valence-electron chi connectivity index (χ2n) is 6.56. The van der Waals surface area contributed by atoms with Gasteiger partial charge in [0, 0.05) is 23.4 Å². The Bertz CT molecular complexity index is 831. The minimum atomic E-state index is -0.170. The minimum absolute atomic E-state index is 0.103. The molecule has 1 aliphatic heterocycles. The number of likely N-dealkylation sites (tertiary alicyclic amines) is 1. The van der Waals surface area contributed by atoms with Gasteiger partial charge in [-0.05, 0) is 41.8 Å². The molecule has 2 aromatic rings. The van der Waals surface area contributed by atoms with Crippen molar-refractivity contribution in [2.24, 2.45) is 0 Å². The van der Waals surface area contributed by atoms with E-state index >= 15 is 0 Å². The topological polar surface area (TPSA) is 66.5 Å². The zero-order valence-electron chi connectivity index (χ0n) is 15.1. The van der Waals surface area contributed by atoms with Crippen molar-refractivity contribution in [2.75, 3.05) is 0 Å². The highest BCUT2D eigenvalue weighted by atomic mass is 35.5. The molecule has 3 rings (SSSR count). The van der Waals surface area contributed by atoms with Crippen LogP contribution >= 0.6 is 11.6 Å². The van der Waals surface area contributed by atoms with Crippen LogP contribution < -0.4 is 5.32 Å². The van der Waals surface area contributed by atoms with E-state index in [4.69, 9.17) is 11.6 Å². The maximum absolute atomic E-state index is 12.6. The third-order valence-corrected chi connectivity index (χ3v) is 4.95. The van der Waals surface area contributed by atoms with Gasteiger partial charge in [0.25, 0.3) is 5.91 Å². The third kappa shape index (κ3) is 4.55. The van der Waals surface area contributed by atoms with E-state index in [1.807, 2.05) is 19.1 Å². The molecule has 0 aromatic heterocycles. The molecule has 3 amide bonds. The number of benzene rings is 2. The SMILES string of the molecule is CC[C@H](NC(=O)c1ccc(CN2C(=O)CCC2=O)cc1)c1ccc(Cl)cc1. The van der Waals surface area contributed by atoms with Crippen LogP contribution in [0.15, 0.2) is 48.5 Å². The van der Waals surface area contributed by atoms with Crippen LogP contribution in [0.5, 0.6) is 0 Å². The molecule has 0 radical (unpaired) electrons. The number of nitrogens with one attached hydrogen (secondary N) is 1. The number of hydrogen-bond donors (Lipinski definition) is 1. The summed E-state index contributed by atoms with van der Waals surface area (Å²) in [5, 5.41) is 3.68. The largest absolute Gasteiger partial charge is 0.345 e. The maximum atomic E-state index is 12.6. The van der Waals surface area contributed by atoms with Crippen LogP contribution in [0.3, 0.4) is 0 Å². The van der Waals surface area contributed by atoms with E-state index in [-0.39, 0.29) is 43.1 Å². The predicted molar refractivity (Wildman–Crippen MR) is 103 cm³/mol. The summed E-state index contributed by atoms with van der Waals surface area (Å²) in [5.41, 5.74) is 2.35. The summed E-state index contributed by atoms with van der Waals surface area (Å²) in [4.78, 5) is 37.2. The van der Waals surface area contributed by atoms with Crippen molar-refractivity contribution in [1.29, 1.82) is 0 Å². The molecule has 1 atom stereocenters. The molecular weight excluding hydrogens is 364 g/mol. The van der Waals surface area contributed by atoms with Crippen molar-refractivity contribution < 1.29 is 14.4 Å². The molecule has 27 heavy (non-hydrogen) atoms. The van der Waals surface area contributed by atoms with Crippen LogP contribution in [0.2, 0.25) is 5.02 Å². The number of amides is 3. The van der Waals surface area contributed by atoms with Gasteiger partial charge in [0.15, 0.2) is 0 Å². The summed E-state index contributed by atoms with van der Waals surface area (Å²) in [7, 11) is 0. The monoisotopic (exact) mass is 384 g/mol. The zero-order chi connectivity index (χ0) is 19.4. The van der Waals surface area contributed by atoms with Gasteiger partial charge in [0.2, 0.25) is 11.8 Å². The third-order valence-electron chi connectivity index (χ3n) is 4.70. The van der Waals surface area contributed by atoms with Crippen LogP contribution in [-0.2, 0) is 16.1 Å². The molecule has 0 aliphatic carbocycles. The van der Waals surface area contributed by atoms with E-state index in [0.29, 0.717) is 10.6 Å². The fraction of sp³-hybridized carbons (Fsp3) is 0.286. The van der Waals surface area contributed by atoms with Gasteiger partial charge >= 0.3 is 0 Å². The second-order valence-corrected chi connectivity index (χ2v) is 6.99. The first-order valence-corrected chi connectivity index (χ1v) is 9.34. The molecule has 0 spiro atoms. The van der Waals surface area contributed by atoms with Crippen molar-refractivity contribution in [3.05, 3.63) is 70.2 Å². The fourth-order valence-corrected chi connectivity index (χ4v) is 3.23. The van der Waals surface area contributed by atoms with E-state index in [1.54, 1.807) is 36.4 Å². The van der Waals surface area contributed by atoms with Gasteiger partial charge in [-0.15, -0.1) is 0 Å². The summed E-state index contributed by atoms with van der Waals surface area (Å²) in [6, 6.07) is 14.3. The smallest absolute Gasteiger partial charge is 0.251 e. The van der Waals surface area contributed by atoms with Crippen molar-refractivity contribution in [3.8, 4) is 0 Å². The summed E-state index contributed by atoms with van der Waals surface area (Å²) < 4.78 is 0. The number of imide groups is 1. The average Bonchev–Trinajstić information content (AvgIpc) is 2.99. The van der Waals surface area contributed by atoms with Crippen LogP contribution in [0.1, 0.15) is 53.7 Å². The molecule has 1 saturated heterocycles. The van der Waals surface area contributed by atoms with Crippen molar-refractivity contribution in [2.45, 2.75) is 38.8 Å². The molecule has 6 heteroatoms. The van der Waals surface area contributed by atoms with Gasteiger partial charge in [-0.3, -0.25) is 19.3 Å². The van der Waals surface area contributed by atoms with Gasteiger partial charge < -0.3 is 5.32 Å². The van der Waals surface area contributed by atoms with Gasteiger partial charge in [-0.1, -0.05) is 42.8 Å². The first-order chi connectivity index (χ1) is 13.0. The Kier molecular flexibility index (Phi) is 5.91. The molecule has 1 N–H and O–H groups in total. The first kappa shape index (κ1) is 19.1. The molecule has 0 saturated carbocycles. The number of hydrogen-bond acceptors (Lipinski definition) is 3. The number of nitrogens with zero attached hydrogens (tertiary/aromatic N) is 1. The van der Waals surface area contributed by atoms with Crippen molar-refractivity contribution in [1.82, 2.24) is 10.2 Å². The quantitative estimate of drug-likeness (QED) is 0.769. The normalized spacial score (nSPS) is 15.1. The van der Waals surface area contributed by atoms with Gasteiger partial charge in [-0.25, -0.2) is 0 Å². The summed E-state index contributed by atoms with van der Waals surface area (Å²) in [5.74, 6) is -0.456. The Morgan fingerprint density at radius 1 is 1.04 bits per heavy atom. The summed E-state index contributed by atoms with van der Waals surface area (Å²) in [6.07, 6.45) is 1.31. The average molecular weight is 385 g/mol. The van der Waals surface area contributed by atoms with Gasteiger partial charge in [-0.2, -0.15) is 0 Å². The molecule has 2 aromatic carbocycles. The number of carbonyl (C=O) groups is 3. The highest BCUT2D eigenvalue weighted by molar-refractivity contribution is 6.30. The van der Waals surface area contributed by atoms with Crippen LogP contribution in [0.4, 0.5) is 0 Å². The highest BCUT2D eigenvalue weighted by Gasteiger charge is 2.28. The Morgan fingerprint density at radius 2 is 1.63 bits per heavy atom. The van der Waals surface area contributed by atoms with E-state index in [1.165, 1.54) is 4.90 Å². The van der Waals surface area contributed by atoms with E-state index < -0.39 is 0 Å². The Morgan fingerprint density at radius 3 is 2.19 bits per heavy atom. The van der Waals surface area contributed by atoms with E-state index in [0.717, 1.165) is 17.5 Å². The molecule has 1 fully saturated rings. The van der Waals surface area contributed by atoms with Crippen LogP contribution in [-0.4, -0.2) is 22.6 Å². The highest BCUT2D eigenvalue weighted by Crippen LogP contribution is 2.20. The Balaban J connectivity index is 1.65. The molecule has 1 aliphatic rings.